The normalized spacial score (nSPS) is 18.6. The molecule has 2 aromatic carbocycles. The first-order valence-electron chi connectivity index (χ1n) is 11.5. The summed E-state index contributed by atoms with van der Waals surface area (Å²) in [5, 5.41) is 3.10. The Balaban J connectivity index is 1.42. The Kier molecular flexibility index (Phi) is 8.23. The molecule has 1 amide bonds. The molecule has 4 rings (SSSR count). The Morgan fingerprint density at radius 1 is 1.00 bits per heavy atom. The molecule has 2 heterocycles. The summed E-state index contributed by atoms with van der Waals surface area (Å²) in [5.41, 5.74) is 2.30. The average molecular weight is 507 g/mol. The first-order valence-corrected chi connectivity index (χ1v) is 13.3. The van der Waals surface area contributed by atoms with Gasteiger partial charge in [0.05, 0.1) is 28.7 Å². The highest BCUT2D eigenvalue weighted by Crippen LogP contribution is 2.24. The molecule has 2 aromatic rings. The fourth-order valence-corrected chi connectivity index (χ4v) is 5.80. The van der Waals surface area contributed by atoms with Crippen molar-refractivity contribution in [3.63, 3.8) is 0 Å². The molecular formula is C24H31ClN4O4S. The molecule has 10 heteroatoms. The largest absolute Gasteiger partial charge is 0.379 e. The van der Waals surface area contributed by atoms with Crippen molar-refractivity contribution in [2.24, 2.45) is 0 Å². The number of amides is 1. The van der Waals surface area contributed by atoms with E-state index in [0.29, 0.717) is 32.7 Å². The molecule has 2 saturated heterocycles. The van der Waals surface area contributed by atoms with Gasteiger partial charge in [-0.1, -0.05) is 35.9 Å². The topological polar surface area (TPSA) is 82.2 Å². The molecule has 0 atom stereocenters. The summed E-state index contributed by atoms with van der Waals surface area (Å²) in [6.07, 6.45) is 0. The van der Waals surface area contributed by atoms with Gasteiger partial charge in [-0.05, 0) is 36.4 Å². The molecule has 0 bridgehead atoms. The molecule has 1 N–H and O–H groups in total. The van der Waals surface area contributed by atoms with Crippen LogP contribution in [0.1, 0.15) is 21.5 Å². The first kappa shape index (κ1) is 25.1. The maximum Gasteiger partial charge on any atom is 0.253 e. The Hall–Kier alpha value is -2.01. The van der Waals surface area contributed by atoms with Gasteiger partial charge < -0.3 is 15.0 Å². The number of morpholine rings is 1. The van der Waals surface area contributed by atoms with Gasteiger partial charge in [0.1, 0.15) is 0 Å². The highest BCUT2D eigenvalue weighted by molar-refractivity contribution is 7.89. The second kappa shape index (κ2) is 11.2. The number of hydrogen-bond donors (Lipinski definition) is 1. The highest BCUT2D eigenvalue weighted by Gasteiger charge is 2.28. The zero-order valence-electron chi connectivity index (χ0n) is 19.4. The lowest BCUT2D eigenvalue weighted by Gasteiger charge is -2.31. The van der Waals surface area contributed by atoms with Crippen LogP contribution in [0.3, 0.4) is 0 Å². The number of rotatable bonds is 7. The molecular weight excluding hydrogens is 476 g/mol. The quantitative estimate of drug-likeness (QED) is 0.619. The number of likely N-dealkylation sites (N-methyl/N-ethyl adjacent to an activating group) is 1. The van der Waals surface area contributed by atoms with Crippen molar-refractivity contribution in [1.29, 1.82) is 0 Å². The number of nitrogens with one attached hydrogen (secondary N) is 1. The third kappa shape index (κ3) is 6.16. The Morgan fingerprint density at radius 2 is 1.71 bits per heavy atom. The lowest BCUT2D eigenvalue weighted by Crippen LogP contribution is -2.47. The van der Waals surface area contributed by atoms with Crippen LogP contribution in [-0.2, 0) is 27.8 Å². The van der Waals surface area contributed by atoms with Crippen LogP contribution in [0, 0.1) is 0 Å². The predicted molar refractivity (Wildman–Crippen MR) is 131 cm³/mol. The molecule has 2 fully saturated rings. The third-order valence-electron chi connectivity index (χ3n) is 6.24. The summed E-state index contributed by atoms with van der Waals surface area (Å²) < 4.78 is 33.0. The molecule has 0 saturated carbocycles. The van der Waals surface area contributed by atoms with Crippen LogP contribution in [-0.4, -0.2) is 88.0 Å². The molecule has 0 spiro atoms. The van der Waals surface area contributed by atoms with E-state index in [1.165, 1.54) is 28.1 Å². The van der Waals surface area contributed by atoms with Crippen LogP contribution in [0.5, 0.6) is 0 Å². The van der Waals surface area contributed by atoms with Gasteiger partial charge in [-0.3, -0.25) is 9.69 Å². The summed E-state index contributed by atoms with van der Waals surface area (Å²) in [6, 6.07) is 12.4. The van der Waals surface area contributed by atoms with Crippen molar-refractivity contribution in [3.05, 3.63) is 64.2 Å². The van der Waals surface area contributed by atoms with Crippen molar-refractivity contribution in [2.75, 3.05) is 59.5 Å². The van der Waals surface area contributed by atoms with E-state index >= 15 is 0 Å². The predicted octanol–water partition coefficient (Wildman–Crippen LogP) is 2.04. The van der Waals surface area contributed by atoms with Gasteiger partial charge in [0.25, 0.3) is 5.91 Å². The molecule has 0 unspecified atom stereocenters. The van der Waals surface area contributed by atoms with Crippen LogP contribution in [0.25, 0.3) is 0 Å². The van der Waals surface area contributed by atoms with Gasteiger partial charge in [-0.25, -0.2) is 8.42 Å². The van der Waals surface area contributed by atoms with Gasteiger partial charge >= 0.3 is 0 Å². The molecule has 0 radical (unpaired) electrons. The second-order valence-corrected chi connectivity index (χ2v) is 11.1. The SMILES string of the molecule is CN1CCN(S(=O)(=O)c2ccc(Cl)c(C(=O)NCc3cccc(CN4CCOCC4)c3)c2)CC1. The van der Waals surface area contributed by atoms with Gasteiger partial charge in [0.2, 0.25) is 10.0 Å². The van der Waals surface area contributed by atoms with E-state index in [-0.39, 0.29) is 15.5 Å². The number of sulfonamides is 1. The number of carbonyl (C=O) groups excluding carboxylic acids is 1. The van der Waals surface area contributed by atoms with E-state index < -0.39 is 15.9 Å². The monoisotopic (exact) mass is 506 g/mol. The fourth-order valence-electron chi connectivity index (χ4n) is 4.15. The van der Waals surface area contributed by atoms with Crippen LogP contribution in [0.15, 0.2) is 47.4 Å². The zero-order valence-corrected chi connectivity index (χ0v) is 20.9. The number of carbonyl (C=O) groups is 1. The fraction of sp³-hybridized carbons (Fsp3) is 0.458. The van der Waals surface area contributed by atoms with E-state index in [4.69, 9.17) is 16.3 Å². The van der Waals surface area contributed by atoms with Crippen molar-refractivity contribution >= 4 is 27.5 Å². The van der Waals surface area contributed by atoms with E-state index in [1.54, 1.807) is 0 Å². The molecule has 0 aliphatic carbocycles. The lowest BCUT2D eigenvalue weighted by atomic mass is 10.1. The number of halogens is 1. The zero-order chi connectivity index (χ0) is 24.1. The van der Waals surface area contributed by atoms with Gasteiger partial charge in [-0.2, -0.15) is 4.31 Å². The van der Waals surface area contributed by atoms with Crippen LogP contribution in [0.2, 0.25) is 5.02 Å². The Bertz CT molecular complexity index is 1110. The lowest BCUT2D eigenvalue weighted by molar-refractivity contribution is 0.0342. The van der Waals surface area contributed by atoms with Crippen LogP contribution < -0.4 is 5.32 Å². The second-order valence-electron chi connectivity index (χ2n) is 8.74. The number of piperazine rings is 1. The number of benzene rings is 2. The van der Waals surface area contributed by atoms with Crippen molar-refractivity contribution < 1.29 is 17.9 Å². The van der Waals surface area contributed by atoms with Crippen molar-refractivity contribution in [3.8, 4) is 0 Å². The van der Waals surface area contributed by atoms with E-state index in [9.17, 15) is 13.2 Å². The number of hydrogen-bond acceptors (Lipinski definition) is 6. The van der Waals surface area contributed by atoms with Crippen LogP contribution in [0.4, 0.5) is 0 Å². The van der Waals surface area contributed by atoms with Gasteiger partial charge in [-0.15, -0.1) is 0 Å². The molecule has 8 nitrogen and oxygen atoms in total. The first-order chi connectivity index (χ1) is 16.3. The van der Waals surface area contributed by atoms with Crippen LogP contribution >= 0.6 is 11.6 Å². The molecule has 34 heavy (non-hydrogen) atoms. The summed E-state index contributed by atoms with van der Waals surface area (Å²) >= 11 is 6.27. The van der Waals surface area contributed by atoms with Gasteiger partial charge in [0.15, 0.2) is 0 Å². The van der Waals surface area contributed by atoms with E-state index in [1.807, 2.05) is 19.2 Å². The molecule has 2 aliphatic rings. The molecule has 2 aliphatic heterocycles. The molecule has 0 aromatic heterocycles. The number of nitrogens with zero attached hydrogens (tertiary/aromatic N) is 3. The summed E-state index contributed by atoms with van der Waals surface area (Å²) in [7, 11) is -1.73. The maximum absolute atomic E-state index is 13.1. The maximum atomic E-state index is 13.1. The van der Waals surface area contributed by atoms with Gasteiger partial charge in [0, 0.05) is 52.4 Å². The minimum absolute atomic E-state index is 0.0825. The summed E-state index contributed by atoms with van der Waals surface area (Å²) in [4.78, 5) is 17.4. The minimum atomic E-state index is -3.69. The molecule has 184 valence electrons. The minimum Gasteiger partial charge on any atom is -0.379 e. The van der Waals surface area contributed by atoms with Crippen molar-refractivity contribution in [1.82, 2.24) is 19.4 Å². The summed E-state index contributed by atoms with van der Waals surface area (Å²) in [5.74, 6) is -0.404. The standard InChI is InChI=1S/C24H31ClN4O4S/c1-27-7-9-29(10-8-27)34(31,32)21-5-6-23(25)22(16-21)24(30)26-17-19-3-2-4-20(15-19)18-28-11-13-33-14-12-28/h2-6,15-16H,7-14,17-18H2,1H3,(H,26,30). The highest BCUT2D eigenvalue weighted by atomic mass is 35.5. The van der Waals surface area contributed by atoms with E-state index in [0.717, 1.165) is 38.4 Å². The Morgan fingerprint density at radius 3 is 2.44 bits per heavy atom. The van der Waals surface area contributed by atoms with E-state index in [2.05, 4.69) is 27.2 Å². The van der Waals surface area contributed by atoms with Crippen molar-refractivity contribution in [2.45, 2.75) is 18.0 Å². The number of ether oxygens (including phenoxy) is 1. The third-order valence-corrected chi connectivity index (χ3v) is 8.46. The smallest absolute Gasteiger partial charge is 0.253 e. The summed E-state index contributed by atoms with van der Waals surface area (Å²) in [6.45, 7) is 6.66. The average Bonchev–Trinajstić information content (AvgIpc) is 2.84. The Labute approximate surface area is 206 Å².